The molecule has 9 heavy (non-hydrogen) atoms. The lowest BCUT2D eigenvalue weighted by atomic mass is 10.4. The second kappa shape index (κ2) is 2.19. The molecule has 0 spiro atoms. The lowest BCUT2D eigenvalue weighted by Crippen LogP contribution is -1.96. The van der Waals surface area contributed by atoms with Crippen LogP contribution in [0.15, 0.2) is 6.07 Å². The van der Waals surface area contributed by atoms with Gasteiger partial charge in [-0.25, -0.2) is 0 Å². The highest BCUT2D eigenvalue weighted by molar-refractivity contribution is 5.11. The zero-order valence-electron chi connectivity index (χ0n) is 5.33. The molecule has 1 rings (SSSR count). The topological polar surface area (TPSA) is 38.0 Å². The van der Waals surface area contributed by atoms with Gasteiger partial charge in [0, 0.05) is 7.05 Å². The number of hydrogen-bond acceptors (Lipinski definition) is 2. The Morgan fingerprint density at radius 3 is 2.78 bits per heavy atom. The highest BCUT2D eigenvalue weighted by Gasteiger charge is 1.97. The van der Waals surface area contributed by atoms with Gasteiger partial charge < -0.3 is 5.11 Å². The second-order valence-corrected chi connectivity index (χ2v) is 1.91. The number of aryl methyl sites for hydroxylation is 1. The Hall–Kier alpha value is -0.830. The van der Waals surface area contributed by atoms with Crippen LogP contribution in [0.3, 0.4) is 0 Å². The first-order valence-corrected chi connectivity index (χ1v) is 2.70. The molecule has 0 aliphatic heterocycles. The molecule has 1 heterocycles. The zero-order chi connectivity index (χ0) is 6.85. The predicted molar refractivity (Wildman–Crippen MR) is 33.6 cm³/mol. The number of rotatable bonds is 1. The summed E-state index contributed by atoms with van der Waals surface area (Å²) in [7, 11) is 1.78. The van der Waals surface area contributed by atoms with E-state index < -0.39 is 0 Å². The summed E-state index contributed by atoms with van der Waals surface area (Å²) in [4.78, 5) is 0. The summed E-state index contributed by atoms with van der Waals surface area (Å²) in [5.74, 6) is 0. The summed E-state index contributed by atoms with van der Waals surface area (Å²) in [5.41, 5.74) is 1.49. The average molecular weight is 125 g/mol. The number of nitrogens with zero attached hydrogens (tertiary/aromatic N) is 2. The lowest BCUT2D eigenvalue weighted by molar-refractivity contribution is 0.270. The molecule has 0 saturated carbocycles. The van der Waals surface area contributed by atoms with Crippen molar-refractivity contribution >= 4 is 0 Å². The molecule has 1 aromatic heterocycles. The van der Waals surface area contributed by atoms with E-state index in [4.69, 9.17) is 5.11 Å². The maximum absolute atomic E-state index is 8.64. The fraction of sp³-hybridized carbons (Fsp3) is 0.333. The van der Waals surface area contributed by atoms with Crippen LogP contribution in [0.4, 0.5) is 0 Å². The molecular weight excluding hydrogens is 116 g/mol. The molecule has 49 valence electrons. The van der Waals surface area contributed by atoms with E-state index in [0.29, 0.717) is 5.69 Å². The van der Waals surface area contributed by atoms with E-state index in [1.807, 2.05) is 0 Å². The molecule has 0 amide bonds. The smallest absolute Gasteiger partial charge is 0.0849 e. The van der Waals surface area contributed by atoms with Crippen molar-refractivity contribution in [3.05, 3.63) is 24.4 Å². The first-order chi connectivity index (χ1) is 4.24. The van der Waals surface area contributed by atoms with Crippen LogP contribution in [0.1, 0.15) is 11.4 Å². The molecule has 0 saturated heterocycles. The molecule has 3 nitrogen and oxygen atoms in total. The fourth-order valence-electron chi connectivity index (χ4n) is 0.719. The monoisotopic (exact) mass is 125 g/mol. The molecule has 0 atom stereocenters. The van der Waals surface area contributed by atoms with Gasteiger partial charge in [0.05, 0.1) is 18.0 Å². The molecule has 1 radical (unpaired) electrons. The van der Waals surface area contributed by atoms with Crippen LogP contribution >= 0.6 is 0 Å². The highest BCUT2D eigenvalue weighted by atomic mass is 16.3. The van der Waals surface area contributed by atoms with Crippen molar-refractivity contribution in [1.29, 1.82) is 0 Å². The van der Waals surface area contributed by atoms with Crippen LogP contribution in [0, 0.1) is 6.92 Å². The van der Waals surface area contributed by atoms with Crippen LogP contribution in [0.25, 0.3) is 0 Å². The van der Waals surface area contributed by atoms with Crippen molar-refractivity contribution in [1.82, 2.24) is 9.78 Å². The van der Waals surface area contributed by atoms with Crippen LogP contribution in [0.2, 0.25) is 0 Å². The van der Waals surface area contributed by atoms with Crippen molar-refractivity contribution in [2.75, 3.05) is 0 Å². The van der Waals surface area contributed by atoms with Gasteiger partial charge in [-0.2, -0.15) is 5.10 Å². The number of aromatic nitrogens is 2. The molecular formula is C6H9N2O. The van der Waals surface area contributed by atoms with E-state index in [1.165, 1.54) is 0 Å². The molecule has 1 aromatic rings. The Kier molecular flexibility index (Phi) is 1.53. The first-order valence-electron chi connectivity index (χ1n) is 2.70. The summed E-state index contributed by atoms with van der Waals surface area (Å²) >= 11 is 0. The maximum atomic E-state index is 8.64. The van der Waals surface area contributed by atoms with Crippen LogP contribution in [-0.4, -0.2) is 14.9 Å². The summed E-state index contributed by atoms with van der Waals surface area (Å²) in [6.07, 6.45) is 0. The van der Waals surface area contributed by atoms with Gasteiger partial charge in [0.1, 0.15) is 0 Å². The number of hydrogen-bond donors (Lipinski definition) is 1. The quantitative estimate of drug-likeness (QED) is 0.577. The van der Waals surface area contributed by atoms with Crippen molar-refractivity contribution in [3.63, 3.8) is 0 Å². The largest absolute Gasteiger partial charge is 0.390 e. The van der Waals surface area contributed by atoms with Crippen molar-refractivity contribution in [3.8, 4) is 0 Å². The molecule has 0 aliphatic rings. The average Bonchev–Trinajstić information content (AvgIpc) is 2.10. The summed E-state index contributed by atoms with van der Waals surface area (Å²) in [6.45, 7) is 3.63. The van der Waals surface area contributed by atoms with E-state index in [-0.39, 0.29) is 6.61 Å². The van der Waals surface area contributed by atoms with Crippen LogP contribution < -0.4 is 0 Å². The van der Waals surface area contributed by atoms with E-state index >= 15 is 0 Å². The predicted octanol–water partition coefficient (Wildman–Crippen LogP) is 0.0946. The third-order valence-electron chi connectivity index (χ3n) is 1.19. The normalized spacial score (nSPS) is 10.1. The SMILES string of the molecule is [CH2]c1cc(CO)n(C)n1. The van der Waals surface area contributed by atoms with Crippen molar-refractivity contribution in [2.45, 2.75) is 6.61 Å². The van der Waals surface area contributed by atoms with Crippen molar-refractivity contribution in [2.24, 2.45) is 7.05 Å². The van der Waals surface area contributed by atoms with Gasteiger partial charge >= 0.3 is 0 Å². The first kappa shape index (κ1) is 6.29. The van der Waals surface area contributed by atoms with Gasteiger partial charge in [-0.3, -0.25) is 4.68 Å². The summed E-state index contributed by atoms with van der Waals surface area (Å²) in [5, 5.41) is 12.6. The molecule has 0 bridgehead atoms. The molecule has 0 aliphatic carbocycles. The van der Waals surface area contributed by atoms with Gasteiger partial charge in [-0.1, -0.05) is 0 Å². The summed E-state index contributed by atoms with van der Waals surface area (Å²) < 4.78 is 1.61. The molecule has 0 fully saturated rings. The highest BCUT2D eigenvalue weighted by Crippen LogP contribution is 1.99. The van der Waals surface area contributed by atoms with Crippen LogP contribution in [0.5, 0.6) is 0 Å². The minimum atomic E-state index is 0.0268. The van der Waals surface area contributed by atoms with Gasteiger partial charge in [-0.05, 0) is 13.0 Å². The molecule has 1 N–H and O–H groups in total. The molecule has 0 unspecified atom stereocenters. The van der Waals surface area contributed by atoms with Crippen molar-refractivity contribution < 1.29 is 5.11 Å². The van der Waals surface area contributed by atoms with Gasteiger partial charge in [0.15, 0.2) is 0 Å². The molecule has 0 aromatic carbocycles. The Bertz CT molecular complexity index is 205. The van der Waals surface area contributed by atoms with Gasteiger partial charge in [0.2, 0.25) is 0 Å². The van der Waals surface area contributed by atoms with Gasteiger partial charge in [0.25, 0.3) is 0 Å². The standard InChI is InChI=1S/C6H9N2O/c1-5-3-6(4-9)8(2)7-5/h3,9H,1,4H2,2H3. The number of aliphatic hydroxyl groups excluding tert-OH is 1. The Labute approximate surface area is 53.9 Å². The fourth-order valence-corrected chi connectivity index (χ4v) is 0.719. The maximum Gasteiger partial charge on any atom is 0.0849 e. The Balaban J connectivity index is 3.01. The molecule has 3 heteroatoms. The minimum Gasteiger partial charge on any atom is -0.390 e. The van der Waals surface area contributed by atoms with E-state index in [0.717, 1.165) is 5.69 Å². The third-order valence-corrected chi connectivity index (χ3v) is 1.19. The zero-order valence-corrected chi connectivity index (χ0v) is 5.33. The Morgan fingerprint density at radius 1 is 1.89 bits per heavy atom. The lowest BCUT2D eigenvalue weighted by Gasteiger charge is -1.92. The summed E-state index contributed by atoms with van der Waals surface area (Å²) in [6, 6.07) is 1.75. The van der Waals surface area contributed by atoms with E-state index in [1.54, 1.807) is 17.8 Å². The minimum absolute atomic E-state index is 0.0268. The van der Waals surface area contributed by atoms with Gasteiger partial charge in [-0.15, -0.1) is 0 Å². The van der Waals surface area contributed by atoms with Crippen LogP contribution in [-0.2, 0) is 13.7 Å². The third kappa shape index (κ3) is 1.10. The van der Waals surface area contributed by atoms with E-state index in [2.05, 4.69) is 12.0 Å². The second-order valence-electron chi connectivity index (χ2n) is 1.91. The van der Waals surface area contributed by atoms with E-state index in [9.17, 15) is 0 Å². The Morgan fingerprint density at radius 2 is 2.56 bits per heavy atom. The number of aliphatic hydroxyl groups is 1.